The molecule has 0 aliphatic carbocycles. The number of Topliss-reactive ketones (excluding diaryl/α,β-unsaturated/α-hetero) is 1. The Morgan fingerprint density at radius 1 is 0.958 bits per heavy atom. The van der Waals surface area contributed by atoms with Crippen molar-refractivity contribution in [2.75, 3.05) is 13.4 Å². The molecule has 3 rings (SSSR count). The normalized spacial score (nSPS) is 19.8. The first-order valence-corrected chi connectivity index (χ1v) is 7.76. The average molecular weight is 326 g/mol. The minimum Gasteiger partial charge on any atom is -0.457 e. The molecule has 0 aromatic heterocycles. The maximum Gasteiger partial charge on any atom is 0.308 e. The molecule has 1 saturated heterocycles. The van der Waals surface area contributed by atoms with Crippen molar-refractivity contribution >= 4 is 11.8 Å². The van der Waals surface area contributed by atoms with Gasteiger partial charge in [-0.25, -0.2) is 0 Å². The number of carbonyl (C=O) groups is 2. The molecule has 2 aromatic carbocycles. The van der Waals surface area contributed by atoms with Gasteiger partial charge in [0.25, 0.3) is 0 Å². The van der Waals surface area contributed by atoms with Gasteiger partial charge in [-0.3, -0.25) is 9.59 Å². The molecule has 1 aliphatic heterocycles. The number of ketones is 1. The molecule has 0 unspecified atom stereocenters. The Labute approximate surface area is 140 Å². The van der Waals surface area contributed by atoms with E-state index in [9.17, 15) is 9.59 Å². The van der Waals surface area contributed by atoms with Crippen LogP contribution in [0.1, 0.15) is 28.4 Å². The van der Waals surface area contributed by atoms with Gasteiger partial charge < -0.3 is 14.2 Å². The van der Waals surface area contributed by atoms with Crippen LogP contribution in [0.2, 0.25) is 0 Å². The highest BCUT2D eigenvalue weighted by Crippen LogP contribution is 2.30. The Morgan fingerprint density at radius 2 is 1.62 bits per heavy atom. The van der Waals surface area contributed by atoms with Gasteiger partial charge in [0, 0.05) is 5.56 Å². The number of esters is 1. The maximum atomic E-state index is 12.0. The summed E-state index contributed by atoms with van der Waals surface area (Å²) in [6, 6.07) is 18.3. The summed E-state index contributed by atoms with van der Waals surface area (Å²) < 4.78 is 16.1. The Morgan fingerprint density at radius 3 is 2.33 bits per heavy atom. The molecule has 5 nitrogen and oxygen atoms in total. The fraction of sp³-hybridized carbons (Fsp3) is 0.263. The number of hydrogen-bond donors (Lipinski definition) is 0. The summed E-state index contributed by atoms with van der Waals surface area (Å²) in [7, 11) is 0. The van der Waals surface area contributed by atoms with E-state index in [-0.39, 0.29) is 31.7 Å². The fourth-order valence-corrected chi connectivity index (χ4v) is 2.59. The second kappa shape index (κ2) is 7.86. The SMILES string of the molecule is O=C(C[C@H]1OCO[C@@H]1c1ccccc1)OCC(=O)c1ccccc1. The van der Waals surface area contributed by atoms with Crippen LogP contribution in [-0.4, -0.2) is 31.3 Å². The Hall–Kier alpha value is -2.50. The maximum absolute atomic E-state index is 12.0. The lowest BCUT2D eigenvalue weighted by Crippen LogP contribution is -2.22. The molecule has 2 atom stereocenters. The second-order valence-corrected chi connectivity index (χ2v) is 5.47. The zero-order valence-electron chi connectivity index (χ0n) is 13.1. The molecule has 1 heterocycles. The van der Waals surface area contributed by atoms with Crippen molar-refractivity contribution in [3.8, 4) is 0 Å². The molecule has 1 aliphatic rings. The lowest BCUT2D eigenvalue weighted by Gasteiger charge is -2.16. The van der Waals surface area contributed by atoms with Gasteiger partial charge in [0.15, 0.2) is 12.4 Å². The van der Waals surface area contributed by atoms with E-state index in [0.29, 0.717) is 5.56 Å². The van der Waals surface area contributed by atoms with Crippen LogP contribution < -0.4 is 0 Å². The number of hydrogen-bond acceptors (Lipinski definition) is 5. The van der Waals surface area contributed by atoms with E-state index in [0.717, 1.165) is 5.56 Å². The minimum atomic E-state index is -0.476. The lowest BCUT2D eigenvalue weighted by atomic mass is 10.0. The topological polar surface area (TPSA) is 61.8 Å². The lowest BCUT2D eigenvalue weighted by molar-refractivity contribution is -0.145. The number of ether oxygens (including phenoxy) is 3. The first-order chi connectivity index (χ1) is 11.7. The van der Waals surface area contributed by atoms with Gasteiger partial charge in [0.2, 0.25) is 0 Å². The van der Waals surface area contributed by atoms with Crippen molar-refractivity contribution in [1.29, 1.82) is 0 Å². The Bertz CT molecular complexity index is 683. The second-order valence-electron chi connectivity index (χ2n) is 5.47. The first-order valence-electron chi connectivity index (χ1n) is 7.76. The van der Waals surface area contributed by atoms with Crippen molar-refractivity contribution in [3.05, 3.63) is 71.8 Å². The van der Waals surface area contributed by atoms with Gasteiger partial charge in [0.05, 0.1) is 6.42 Å². The summed E-state index contributed by atoms with van der Waals surface area (Å²) in [5, 5.41) is 0. The highest BCUT2D eigenvalue weighted by Gasteiger charge is 2.33. The molecular formula is C19H18O5. The zero-order chi connectivity index (χ0) is 16.8. The zero-order valence-corrected chi connectivity index (χ0v) is 13.1. The van der Waals surface area contributed by atoms with Crippen LogP contribution in [0.15, 0.2) is 60.7 Å². The van der Waals surface area contributed by atoms with Crippen LogP contribution in [0, 0.1) is 0 Å². The Kier molecular flexibility index (Phi) is 5.36. The van der Waals surface area contributed by atoms with Crippen molar-refractivity contribution < 1.29 is 23.8 Å². The van der Waals surface area contributed by atoms with Gasteiger partial charge in [-0.05, 0) is 5.56 Å². The molecule has 0 amide bonds. The van der Waals surface area contributed by atoms with Crippen molar-refractivity contribution in [2.45, 2.75) is 18.6 Å². The molecule has 2 aromatic rings. The van der Waals surface area contributed by atoms with Gasteiger partial charge >= 0.3 is 5.97 Å². The van der Waals surface area contributed by atoms with E-state index < -0.39 is 12.1 Å². The standard InChI is InChI=1S/C19H18O5/c20-16(14-7-3-1-4-8-14)12-22-18(21)11-17-19(24-13-23-17)15-9-5-2-6-10-15/h1-10,17,19H,11-13H2/t17-,19-/m1/s1. The largest absolute Gasteiger partial charge is 0.457 e. The first kappa shape index (κ1) is 16.4. The molecule has 5 heteroatoms. The summed E-state index contributed by atoms with van der Waals surface area (Å²) in [6.07, 6.45) is -0.669. The molecule has 24 heavy (non-hydrogen) atoms. The summed E-state index contributed by atoms with van der Waals surface area (Å²) in [4.78, 5) is 23.9. The molecule has 0 radical (unpaired) electrons. The fourth-order valence-electron chi connectivity index (χ4n) is 2.59. The third kappa shape index (κ3) is 4.07. The third-order valence-corrected chi connectivity index (χ3v) is 3.82. The van der Waals surface area contributed by atoms with Crippen molar-refractivity contribution in [3.63, 3.8) is 0 Å². The third-order valence-electron chi connectivity index (χ3n) is 3.82. The van der Waals surface area contributed by atoms with E-state index in [1.807, 2.05) is 36.4 Å². The van der Waals surface area contributed by atoms with E-state index >= 15 is 0 Å². The Balaban J connectivity index is 1.52. The van der Waals surface area contributed by atoms with Crippen molar-refractivity contribution in [2.24, 2.45) is 0 Å². The predicted octanol–water partition coefficient (Wildman–Crippen LogP) is 2.92. The number of benzene rings is 2. The van der Waals surface area contributed by atoms with Gasteiger partial charge in [-0.2, -0.15) is 0 Å². The van der Waals surface area contributed by atoms with Crippen LogP contribution in [0.25, 0.3) is 0 Å². The van der Waals surface area contributed by atoms with Gasteiger partial charge in [-0.15, -0.1) is 0 Å². The van der Waals surface area contributed by atoms with Crippen LogP contribution in [-0.2, 0) is 19.0 Å². The molecule has 124 valence electrons. The van der Waals surface area contributed by atoms with E-state index in [2.05, 4.69) is 0 Å². The molecule has 0 N–H and O–H groups in total. The van der Waals surface area contributed by atoms with E-state index in [4.69, 9.17) is 14.2 Å². The minimum absolute atomic E-state index is 0.0433. The van der Waals surface area contributed by atoms with Gasteiger partial charge in [-0.1, -0.05) is 60.7 Å². The summed E-state index contributed by atoms with van der Waals surface area (Å²) in [5.41, 5.74) is 1.47. The average Bonchev–Trinajstić information content (AvgIpc) is 3.09. The van der Waals surface area contributed by atoms with E-state index in [1.54, 1.807) is 24.3 Å². The monoisotopic (exact) mass is 326 g/mol. The molecular weight excluding hydrogens is 308 g/mol. The molecule has 0 saturated carbocycles. The summed E-state index contributed by atoms with van der Waals surface area (Å²) in [6.45, 7) is -0.132. The van der Waals surface area contributed by atoms with Crippen LogP contribution >= 0.6 is 0 Å². The predicted molar refractivity (Wildman–Crippen MR) is 86.4 cm³/mol. The van der Waals surface area contributed by atoms with Crippen molar-refractivity contribution in [1.82, 2.24) is 0 Å². The van der Waals surface area contributed by atoms with Crippen LogP contribution in [0.4, 0.5) is 0 Å². The summed E-state index contributed by atoms with van der Waals surface area (Å²) in [5.74, 6) is -0.706. The highest BCUT2D eigenvalue weighted by molar-refractivity contribution is 5.97. The van der Waals surface area contributed by atoms with Crippen LogP contribution in [0.3, 0.4) is 0 Å². The highest BCUT2D eigenvalue weighted by atomic mass is 16.7. The molecule has 0 spiro atoms. The molecule has 0 bridgehead atoms. The van der Waals surface area contributed by atoms with Gasteiger partial charge in [0.1, 0.15) is 19.0 Å². The number of carbonyl (C=O) groups excluding carboxylic acids is 2. The van der Waals surface area contributed by atoms with E-state index in [1.165, 1.54) is 0 Å². The van der Waals surface area contributed by atoms with Crippen LogP contribution in [0.5, 0.6) is 0 Å². The smallest absolute Gasteiger partial charge is 0.308 e. The summed E-state index contributed by atoms with van der Waals surface area (Å²) >= 11 is 0. The quantitative estimate of drug-likeness (QED) is 0.603. The number of rotatable bonds is 6. The molecule has 1 fully saturated rings.